The van der Waals surface area contributed by atoms with E-state index in [2.05, 4.69) is 0 Å². The maximum absolute atomic E-state index is 14.2. The van der Waals surface area contributed by atoms with E-state index in [1.807, 2.05) is 13.8 Å². The summed E-state index contributed by atoms with van der Waals surface area (Å²) in [7, 11) is 0. The first-order valence-corrected chi connectivity index (χ1v) is 12.6. The van der Waals surface area contributed by atoms with Crippen molar-refractivity contribution in [2.24, 2.45) is 11.7 Å². The number of furan rings is 2. The molecule has 0 saturated heterocycles. The molecule has 0 aliphatic heterocycles. The molecule has 5 aromatic rings. The van der Waals surface area contributed by atoms with Gasteiger partial charge in [-0.15, -0.1) is 0 Å². The minimum Gasteiger partial charge on any atom is -0.472 e. The van der Waals surface area contributed by atoms with Crippen LogP contribution in [0.5, 0.6) is 0 Å². The summed E-state index contributed by atoms with van der Waals surface area (Å²) in [5.41, 5.74) is 7.25. The third kappa shape index (κ3) is 4.70. The van der Waals surface area contributed by atoms with Crippen LogP contribution in [0.1, 0.15) is 41.6 Å². The second kappa shape index (κ2) is 10.4. The number of carbonyl (C=O) groups is 1. The van der Waals surface area contributed by atoms with Gasteiger partial charge in [0.1, 0.15) is 22.7 Å². The number of hydrogen-bond donors (Lipinski definition) is 1. The molecule has 1 amide bonds. The number of nitrogens with two attached hydrogens (primary N) is 1. The van der Waals surface area contributed by atoms with Crippen molar-refractivity contribution in [2.45, 2.75) is 26.4 Å². The molecule has 2 aromatic carbocycles. The van der Waals surface area contributed by atoms with Gasteiger partial charge in [0, 0.05) is 34.6 Å². The molecule has 8 nitrogen and oxygen atoms in total. The summed E-state index contributed by atoms with van der Waals surface area (Å²) >= 11 is 6.04. The molecule has 0 aliphatic carbocycles. The van der Waals surface area contributed by atoms with E-state index < -0.39 is 17.4 Å². The molecular formula is C28H26ClFN4O4. The molecule has 38 heavy (non-hydrogen) atoms. The average Bonchev–Trinajstić information content (AvgIpc) is 3.53. The Labute approximate surface area is 222 Å². The lowest BCUT2D eigenvalue weighted by Crippen LogP contribution is -2.43. The number of hydrogen-bond acceptors (Lipinski definition) is 6. The topological polar surface area (TPSA) is 108 Å². The summed E-state index contributed by atoms with van der Waals surface area (Å²) in [5.74, 6) is -0.596. The van der Waals surface area contributed by atoms with Crippen LogP contribution in [0.15, 0.2) is 74.7 Å². The maximum atomic E-state index is 14.2. The largest absolute Gasteiger partial charge is 0.472 e. The Bertz CT molecular complexity index is 1660. The molecule has 0 saturated carbocycles. The highest BCUT2D eigenvalue weighted by Gasteiger charge is 2.33. The van der Waals surface area contributed by atoms with Crippen LogP contribution in [0.4, 0.5) is 4.39 Å². The molecule has 10 heteroatoms. The fraction of sp³-hybridized carbons (Fsp3) is 0.250. The number of aromatic nitrogens is 2. The van der Waals surface area contributed by atoms with Crippen LogP contribution < -0.4 is 11.3 Å². The molecule has 3 aromatic heterocycles. The molecule has 0 aliphatic rings. The molecule has 5 rings (SSSR count). The summed E-state index contributed by atoms with van der Waals surface area (Å²) in [6, 6.07) is 11.7. The molecule has 1 atom stereocenters. The summed E-state index contributed by atoms with van der Waals surface area (Å²) < 4.78 is 26.7. The summed E-state index contributed by atoms with van der Waals surface area (Å²) in [6.07, 6.45) is 3.05. The van der Waals surface area contributed by atoms with Gasteiger partial charge in [-0.2, -0.15) is 0 Å². The first kappa shape index (κ1) is 25.7. The van der Waals surface area contributed by atoms with Gasteiger partial charge in [-0.05, 0) is 54.4 Å². The number of nitrogens with zero attached hydrogens (tertiary/aromatic N) is 3. The fourth-order valence-corrected chi connectivity index (χ4v) is 4.85. The van der Waals surface area contributed by atoms with E-state index >= 15 is 0 Å². The minimum absolute atomic E-state index is 0.00903. The Kier molecular flexibility index (Phi) is 7.05. The monoisotopic (exact) mass is 536 g/mol. The van der Waals surface area contributed by atoms with Crippen LogP contribution in [0.2, 0.25) is 5.02 Å². The standard InChI is InChI=1S/C28H26ClFN4O4/c1-16(2)24(33(11-10-31)27(35)18-3-5-19(29)6-4-18)26-32-23-21-13-20(30)7-8-22(21)38-25(23)28(36)34(26)14-17-9-12-37-15-17/h3-9,12-13,15-16,24H,10-11,14,31H2,1-2H3. The quantitative estimate of drug-likeness (QED) is 0.285. The first-order valence-electron chi connectivity index (χ1n) is 12.2. The Morgan fingerprint density at radius 1 is 1.18 bits per heavy atom. The highest BCUT2D eigenvalue weighted by Crippen LogP contribution is 2.32. The van der Waals surface area contributed by atoms with E-state index in [1.165, 1.54) is 35.3 Å². The van der Waals surface area contributed by atoms with Crippen LogP contribution in [0.25, 0.3) is 22.1 Å². The molecule has 196 valence electrons. The minimum atomic E-state index is -0.649. The second-order valence-corrected chi connectivity index (χ2v) is 9.83. The Morgan fingerprint density at radius 2 is 1.95 bits per heavy atom. The Balaban J connectivity index is 1.76. The van der Waals surface area contributed by atoms with Crippen molar-refractivity contribution >= 4 is 39.6 Å². The average molecular weight is 537 g/mol. The van der Waals surface area contributed by atoms with Crippen molar-refractivity contribution in [3.8, 4) is 0 Å². The van der Waals surface area contributed by atoms with Crippen LogP contribution in [0, 0.1) is 11.7 Å². The highest BCUT2D eigenvalue weighted by molar-refractivity contribution is 6.30. The number of amides is 1. The summed E-state index contributed by atoms with van der Waals surface area (Å²) in [5, 5.41) is 0.887. The van der Waals surface area contributed by atoms with Crippen molar-refractivity contribution in [2.75, 3.05) is 13.1 Å². The van der Waals surface area contributed by atoms with Crippen LogP contribution in [-0.4, -0.2) is 33.4 Å². The van der Waals surface area contributed by atoms with E-state index in [9.17, 15) is 14.0 Å². The van der Waals surface area contributed by atoms with Gasteiger partial charge in [0.2, 0.25) is 5.58 Å². The molecule has 1 unspecified atom stereocenters. The van der Waals surface area contributed by atoms with Gasteiger partial charge in [-0.3, -0.25) is 14.2 Å². The van der Waals surface area contributed by atoms with Gasteiger partial charge in [0.05, 0.1) is 25.1 Å². The summed E-state index contributed by atoms with van der Waals surface area (Å²) in [4.78, 5) is 34.2. The molecule has 0 spiro atoms. The van der Waals surface area contributed by atoms with Crippen molar-refractivity contribution in [3.05, 3.63) is 99.2 Å². The van der Waals surface area contributed by atoms with Crippen LogP contribution in [0.3, 0.4) is 0 Å². The van der Waals surface area contributed by atoms with Crippen LogP contribution in [-0.2, 0) is 6.54 Å². The molecule has 2 N–H and O–H groups in total. The van der Waals surface area contributed by atoms with Gasteiger partial charge < -0.3 is 19.5 Å². The lowest BCUT2D eigenvalue weighted by Gasteiger charge is -2.35. The lowest BCUT2D eigenvalue weighted by atomic mass is 9.99. The third-order valence-electron chi connectivity index (χ3n) is 6.44. The smallest absolute Gasteiger partial charge is 0.297 e. The predicted molar refractivity (Wildman–Crippen MR) is 143 cm³/mol. The number of rotatable bonds is 8. The van der Waals surface area contributed by atoms with Crippen molar-refractivity contribution in [3.63, 3.8) is 0 Å². The van der Waals surface area contributed by atoms with Gasteiger partial charge >= 0.3 is 0 Å². The van der Waals surface area contributed by atoms with Gasteiger partial charge in [0.25, 0.3) is 11.5 Å². The zero-order valence-electron chi connectivity index (χ0n) is 20.9. The van der Waals surface area contributed by atoms with E-state index in [-0.39, 0.29) is 42.6 Å². The van der Waals surface area contributed by atoms with Gasteiger partial charge in [0.15, 0.2) is 0 Å². The zero-order valence-corrected chi connectivity index (χ0v) is 21.6. The van der Waals surface area contributed by atoms with E-state index in [1.54, 1.807) is 35.2 Å². The summed E-state index contributed by atoms with van der Waals surface area (Å²) in [6.45, 7) is 4.42. The number of halogens is 2. The number of fused-ring (bicyclic) bond motifs is 3. The van der Waals surface area contributed by atoms with Gasteiger partial charge in [-0.1, -0.05) is 25.4 Å². The first-order chi connectivity index (χ1) is 18.3. The number of carbonyl (C=O) groups excluding carboxylic acids is 1. The third-order valence-corrected chi connectivity index (χ3v) is 6.69. The molecule has 0 fully saturated rings. The highest BCUT2D eigenvalue weighted by atomic mass is 35.5. The molecule has 0 bridgehead atoms. The van der Waals surface area contributed by atoms with Gasteiger partial charge in [-0.25, -0.2) is 9.37 Å². The fourth-order valence-electron chi connectivity index (χ4n) is 4.72. The van der Waals surface area contributed by atoms with Crippen molar-refractivity contribution < 1.29 is 18.0 Å². The Hall–Kier alpha value is -3.95. The predicted octanol–water partition coefficient (Wildman–Crippen LogP) is 5.37. The second-order valence-electron chi connectivity index (χ2n) is 9.40. The van der Waals surface area contributed by atoms with Crippen molar-refractivity contribution in [1.29, 1.82) is 0 Å². The number of benzene rings is 2. The molecule has 3 heterocycles. The van der Waals surface area contributed by atoms with E-state index in [4.69, 9.17) is 31.2 Å². The van der Waals surface area contributed by atoms with E-state index in [0.29, 0.717) is 27.4 Å². The zero-order chi connectivity index (χ0) is 27.0. The van der Waals surface area contributed by atoms with Crippen molar-refractivity contribution in [1.82, 2.24) is 14.5 Å². The molecule has 0 radical (unpaired) electrons. The Morgan fingerprint density at radius 3 is 2.61 bits per heavy atom. The maximum Gasteiger partial charge on any atom is 0.297 e. The normalized spacial score (nSPS) is 12.5. The molecular weight excluding hydrogens is 511 g/mol. The van der Waals surface area contributed by atoms with Crippen LogP contribution >= 0.6 is 11.6 Å². The lowest BCUT2D eigenvalue weighted by molar-refractivity contribution is 0.0612. The van der Waals surface area contributed by atoms with E-state index in [0.717, 1.165) is 5.56 Å². The SMILES string of the molecule is CC(C)C(c1nc2c(oc3ccc(F)cc32)c(=O)n1Cc1ccoc1)N(CCN)C(=O)c1ccc(Cl)cc1.